The molecule has 1 N–H and O–H groups in total. The first-order valence-electron chi connectivity index (χ1n) is 6.69. The van der Waals surface area contributed by atoms with Crippen LogP contribution in [0, 0.1) is 12.3 Å². The van der Waals surface area contributed by atoms with E-state index in [1.165, 1.54) is 36.3 Å². The van der Waals surface area contributed by atoms with Gasteiger partial charge in [0.2, 0.25) is 0 Å². The average Bonchev–Trinajstić information content (AvgIpc) is 2.63. The molecule has 0 bridgehead atoms. The summed E-state index contributed by atoms with van der Waals surface area (Å²) in [4.78, 5) is 5.73. The molecule has 0 spiro atoms. The van der Waals surface area contributed by atoms with Gasteiger partial charge in [0.25, 0.3) is 0 Å². The summed E-state index contributed by atoms with van der Waals surface area (Å²) in [6.45, 7) is 8.00. The minimum atomic E-state index is 0.538. The first-order valence-corrected chi connectivity index (χ1v) is 7.57. The van der Waals surface area contributed by atoms with Crippen molar-refractivity contribution in [1.29, 1.82) is 0 Å². The smallest absolute Gasteiger partial charge is 0.0797 e. The molecule has 1 fully saturated rings. The Bertz CT molecular complexity index is 357. The third kappa shape index (κ3) is 3.78. The third-order valence-electron chi connectivity index (χ3n) is 3.84. The van der Waals surface area contributed by atoms with E-state index in [0.29, 0.717) is 5.41 Å². The minimum absolute atomic E-state index is 0.538. The number of hydrogen-bond acceptors (Lipinski definition) is 3. The number of nitrogens with zero attached hydrogens (tertiary/aromatic N) is 1. The van der Waals surface area contributed by atoms with Crippen molar-refractivity contribution in [3.8, 4) is 0 Å². The van der Waals surface area contributed by atoms with Gasteiger partial charge in [-0.15, -0.1) is 11.3 Å². The number of aryl methyl sites for hydroxylation is 1. The van der Waals surface area contributed by atoms with Gasteiger partial charge in [0, 0.05) is 17.5 Å². The van der Waals surface area contributed by atoms with Crippen LogP contribution in [0.5, 0.6) is 0 Å². The van der Waals surface area contributed by atoms with Crippen LogP contribution in [0.3, 0.4) is 0 Å². The lowest BCUT2D eigenvalue weighted by molar-refractivity contribution is 0.199. The number of thiazole rings is 1. The summed E-state index contributed by atoms with van der Waals surface area (Å²) in [7, 11) is 0. The summed E-state index contributed by atoms with van der Waals surface area (Å²) in [5.74, 6) is 0. The highest BCUT2D eigenvalue weighted by Gasteiger charge is 2.27. The van der Waals surface area contributed by atoms with E-state index < -0.39 is 0 Å². The van der Waals surface area contributed by atoms with Crippen LogP contribution in [0.25, 0.3) is 0 Å². The van der Waals surface area contributed by atoms with E-state index in [2.05, 4.69) is 31.1 Å². The van der Waals surface area contributed by atoms with Crippen molar-refractivity contribution in [2.24, 2.45) is 5.41 Å². The van der Waals surface area contributed by atoms with Crippen LogP contribution in [0.1, 0.15) is 50.1 Å². The first-order chi connectivity index (χ1) is 8.07. The molecule has 1 saturated carbocycles. The highest BCUT2D eigenvalue weighted by Crippen LogP contribution is 2.35. The van der Waals surface area contributed by atoms with Gasteiger partial charge >= 0.3 is 0 Å². The predicted molar refractivity (Wildman–Crippen MR) is 74.6 cm³/mol. The molecular formula is C14H24N2S. The fourth-order valence-electron chi connectivity index (χ4n) is 2.83. The lowest BCUT2D eigenvalue weighted by atomic mass is 9.75. The Balaban J connectivity index is 1.74. The van der Waals surface area contributed by atoms with E-state index in [4.69, 9.17) is 0 Å². The van der Waals surface area contributed by atoms with Gasteiger partial charge < -0.3 is 5.32 Å². The molecule has 96 valence electrons. The Kier molecular flexibility index (Phi) is 4.21. The van der Waals surface area contributed by atoms with E-state index >= 15 is 0 Å². The zero-order valence-electron chi connectivity index (χ0n) is 11.3. The SMILES string of the molecule is Cc1ncsc1CCNC1CCCC(C)(C)C1. The van der Waals surface area contributed by atoms with Crippen molar-refractivity contribution >= 4 is 11.3 Å². The van der Waals surface area contributed by atoms with Gasteiger partial charge in [-0.3, -0.25) is 0 Å². The third-order valence-corrected chi connectivity index (χ3v) is 4.83. The van der Waals surface area contributed by atoms with Gasteiger partial charge in [-0.2, -0.15) is 0 Å². The lowest BCUT2D eigenvalue weighted by Gasteiger charge is -2.35. The molecule has 1 atom stereocenters. The molecule has 0 radical (unpaired) electrons. The van der Waals surface area contributed by atoms with Crippen LogP contribution in [0.4, 0.5) is 0 Å². The number of hydrogen-bond donors (Lipinski definition) is 1. The van der Waals surface area contributed by atoms with Gasteiger partial charge in [0.15, 0.2) is 0 Å². The van der Waals surface area contributed by atoms with Crippen molar-refractivity contribution in [1.82, 2.24) is 10.3 Å². The normalized spacial score (nSPS) is 23.8. The van der Waals surface area contributed by atoms with Crippen molar-refractivity contribution in [2.75, 3.05) is 6.54 Å². The van der Waals surface area contributed by atoms with Crippen molar-refractivity contribution in [3.05, 3.63) is 16.1 Å². The number of nitrogens with one attached hydrogen (secondary N) is 1. The van der Waals surface area contributed by atoms with Crippen LogP contribution in [0.2, 0.25) is 0 Å². The maximum Gasteiger partial charge on any atom is 0.0797 e. The van der Waals surface area contributed by atoms with Crippen LogP contribution >= 0.6 is 11.3 Å². The van der Waals surface area contributed by atoms with Gasteiger partial charge in [0.1, 0.15) is 0 Å². The molecule has 1 unspecified atom stereocenters. The fourth-order valence-corrected chi connectivity index (χ4v) is 3.61. The molecule has 1 aromatic heterocycles. The van der Waals surface area contributed by atoms with Gasteiger partial charge in [-0.1, -0.05) is 20.3 Å². The summed E-state index contributed by atoms with van der Waals surface area (Å²) in [6, 6.07) is 0.729. The molecule has 0 aliphatic heterocycles. The summed E-state index contributed by atoms with van der Waals surface area (Å²) in [5.41, 5.74) is 3.70. The molecule has 1 aromatic rings. The van der Waals surface area contributed by atoms with Gasteiger partial charge in [-0.05, 0) is 38.0 Å². The topological polar surface area (TPSA) is 24.9 Å². The second kappa shape index (κ2) is 5.49. The maximum atomic E-state index is 4.30. The van der Waals surface area contributed by atoms with Crippen molar-refractivity contribution in [2.45, 2.75) is 58.9 Å². The van der Waals surface area contributed by atoms with Crippen molar-refractivity contribution < 1.29 is 0 Å². The summed E-state index contributed by atoms with van der Waals surface area (Å²) >= 11 is 1.78. The first kappa shape index (κ1) is 13.0. The molecule has 2 nitrogen and oxygen atoms in total. The summed E-state index contributed by atoms with van der Waals surface area (Å²) in [5, 5.41) is 3.72. The molecule has 0 amide bonds. The Labute approximate surface area is 109 Å². The predicted octanol–water partition coefficient (Wildman–Crippen LogP) is 3.55. The Morgan fingerprint density at radius 1 is 1.53 bits per heavy atom. The van der Waals surface area contributed by atoms with Crippen LogP contribution < -0.4 is 5.32 Å². The molecule has 1 aliphatic rings. The van der Waals surface area contributed by atoms with E-state index in [1.807, 2.05) is 5.51 Å². The highest BCUT2D eigenvalue weighted by molar-refractivity contribution is 7.09. The molecule has 0 saturated heterocycles. The van der Waals surface area contributed by atoms with E-state index in [1.54, 1.807) is 11.3 Å². The van der Waals surface area contributed by atoms with Crippen LogP contribution in [0.15, 0.2) is 5.51 Å². The second-order valence-electron chi connectivity index (χ2n) is 6.02. The van der Waals surface area contributed by atoms with E-state index in [-0.39, 0.29) is 0 Å². The molecule has 3 heteroatoms. The molecular weight excluding hydrogens is 228 g/mol. The number of aromatic nitrogens is 1. The zero-order valence-corrected chi connectivity index (χ0v) is 12.1. The summed E-state index contributed by atoms with van der Waals surface area (Å²) in [6.07, 6.45) is 6.58. The van der Waals surface area contributed by atoms with Gasteiger partial charge in [-0.25, -0.2) is 4.98 Å². The highest BCUT2D eigenvalue weighted by atomic mass is 32.1. The Hall–Kier alpha value is -0.410. The average molecular weight is 252 g/mol. The molecule has 2 rings (SSSR count). The monoisotopic (exact) mass is 252 g/mol. The fraction of sp³-hybridized carbons (Fsp3) is 0.786. The van der Waals surface area contributed by atoms with E-state index in [0.717, 1.165) is 19.0 Å². The van der Waals surface area contributed by atoms with Crippen molar-refractivity contribution in [3.63, 3.8) is 0 Å². The molecule has 1 aliphatic carbocycles. The molecule has 17 heavy (non-hydrogen) atoms. The lowest BCUT2D eigenvalue weighted by Crippen LogP contribution is -2.38. The minimum Gasteiger partial charge on any atom is -0.314 e. The molecule has 0 aromatic carbocycles. The van der Waals surface area contributed by atoms with Gasteiger partial charge in [0.05, 0.1) is 11.2 Å². The van der Waals surface area contributed by atoms with Crippen LogP contribution in [-0.2, 0) is 6.42 Å². The quantitative estimate of drug-likeness (QED) is 0.886. The number of rotatable bonds is 4. The largest absolute Gasteiger partial charge is 0.314 e. The summed E-state index contributed by atoms with van der Waals surface area (Å²) < 4.78 is 0. The van der Waals surface area contributed by atoms with Crippen LogP contribution in [-0.4, -0.2) is 17.6 Å². The Morgan fingerprint density at radius 2 is 2.35 bits per heavy atom. The van der Waals surface area contributed by atoms with E-state index in [9.17, 15) is 0 Å². The zero-order chi connectivity index (χ0) is 12.3. The second-order valence-corrected chi connectivity index (χ2v) is 6.96. The Morgan fingerprint density at radius 3 is 3.00 bits per heavy atom. The molecule has 1 heterocycles. The standard InChI is InChI=1S/C14H24N2S/c1-11-13(17-10-16-11)6-8-15-12-5-4-7-14(2,3)9-12/h10,12,15H,4-9H2,1-3H3. The maximum absolute atomic E-state index is 4.30.